The fourth-order valence-electron chi connectivity index (χ4n) is 0.989. The number of amides is 1. The third kappa shape index (κ3) is 4.81. The summed E-state index contributed by atoms with van der Waals surface area (Å²) in [5.74, 6) is -0.740. The molecule has 0 spiro atoms. The van der Waals surface area contributed by atoms with Gasteiger partial charge in [0.2, 0.25) is 0 Å². The van der Waals surface area contributed by atoms with Gasteiger partial charge in [-0.2, -0.15) is 0 Å². The number of carbonyl (C=O) groups is 2. The number of hydrogen-bond donors (Lipinski definition) is 1. The SMILES string of the molecule is CNC(=O)COC(=O)COc1ccc(Cl)cc1Cl. The minimum absolute atomic E-state index is 0.293. The number of hydrogen-bond acceptors (Lipinski definition) is 4. The van der Waals surface area contributed by atoms with Crippen LogP contribution in [0.2, 0.25) is 10.0 Å². The van der Waals surface area contributed by atoms with E-state index in [2.05, 4.69) is 10.1 Å². The number of likely N-dealkylation sites (N-methyl/N-ethyl adjacent to an activating group) is 1. The second-order valence-corrected chi connectivity index (χ2v) is 4.04. The van der Waals surface area contributed by atoms with E-state index in [1.807, 2.05) is 0 Å². The number of rotatable bonds is 5. The largest absolute Gasteiger partial charge is 0.480 e. The monoisotopic (exact) mass is 291 g/mol. The van der Waals surface area contributed by atoms with Gasteiger partial charge in [0.1, 0.15) is 5.75 Å². The van der Waals surface area contributed by atoms with Crippen LogP contribution in [0.15, 0.2) is 18.2 Å². The smallest absolute Gasteiger partial charge is 0.344 e. The Labute approximate surface area is 114 Å². The maximum atomic E-state index is 11.2. The lowest BCUT2D eigenvalue weighted by molar-refractivity contribution is -0.150. The number of nitrogens with one attached hydrogen (secondary N) is 1. The summed E-state index contributed by atoms with van der Waals surface area (Å²) in [5.41, 5.74) is 0. The van der Waals surface area contributed by atoms with Gasteiger partial charge >= 0.3 is 5.97 Å². The zero-order valence-electron chi connectivity index (χ0n) is 9.54. The van der Waals surface area contributed by atoms with Crippen LogP contribution in [0.4, 0.5) is 0 Å². The highest BCUT2D eigenvalue weighted by atomic mass is 35.5. The first kappa shape index (κ1) is 14.6. The molecule has 0 heterocycles. The summed E-state index contributed by atoms with van der Waals surface area (Å²) >= 11 is 11.5. The Morgan fingerprint density at radius 3 is 2.61 bits per heavy atom. The van der Waals surface area contributed by atoms with Crippen LogP contribution in [0.5, 0.6) is 5.75 Å². The van der Waals surface area contributed by atoms with Gasteiger partial charge in [-0.15, -0.1) is 0 Å². The highest BCUT2D eigenvalue weighted by Gasteiger charge is 2.09. The molecule has 0 saturated heterocycles. The number of esters is 1. The first-order chi connectivity index (χ1) is 8.52. The zero-order chi connectivity index (χ0) is 13.5. The molecule has 1 rings (SSSR count). The van der Waals surface area contributed by atoms with E-state index in [4.69, 9.17) is 27.9 Å². The number of benzene rings is 1. The molecule has 0 radical (unpaired) electrons. The molecule has 1 N–H and O–H groups in total. The van der Waals surface area contributed by atoms with E-state index in [-0.39, 0.29) is 13.2 Å². The fraction of sp³-hybridized carbons (Fsp3) is 0.273. The highest BCUT2D eigenvalue weighted by molar-refractivity contribution is 6.35. The Kier molecular flexibility index (Phi) is 5.74. The summed E-state index contributed by atoms with van der Waals surface area (Å²) in [4.78, 5) is 22.0. The molecule has 0 aliphatic rings. The van der Waals surface area contributed by atoms with E-state index in [0.717, 1.165) is 0 Å². The summed E-state index contributed by atoms with van der Waals surface area (Å²) in [6, 6.07) is 4.61. The predicted molar refractivity (Wildman–Crippen MR) is 67.0 cm³/mol. The Morgan fingerprint density at radius 2 is 2.00 bits per heavy atom. The molecule has 0 fully saturated rings. The lowest BCUT2D eigenvalue weighted by Crippen LogP contribution is -2.26. The molecule has 18 heavy (non-hydrogen) atoms. The van der Waals surface area contributed by atoms with Crippen molar-refractivity contribution in [3.05, 3.63) is 28.2 Å². The van der Waals surface area contributed by atoms with Gasteiger partial charge in [0.15, 0.2) is 13.2 Å². The van der Waals surface area contributed by atoms with Crippen LogP contribution >= 0.6 is 23.2 Å². The summed E-state index contributed by atoms with van der Waals surface area (Å²) in [6.07, 6.45) is 0. The number of ether oxygens (including phenoxy) is 2. The van der Waals surface area contributed by atoms with Gasteiger partial charge in [0.25, 0.3) is 5.91 Å². The summed E-state index contributed by atoms with van der Waals surface area (Å²) in [6.45, 7) is -0.675. The van der Waals surface area contributed by atoms with Gasteiger partial charge in [-0.1, -0.05) is 23.2 Å². The lowest BCUT2D eigenvalue weighted by Gasteiger charge is -2.08. The quantitative estimate of drug-likeness (QED) is 0.838. The molecular formula is C11H11Cl2NO4. The topological polar surface area (TPSA) is 64.6 Å². The maximum absolute atomic E-state index is 11.2. The third-order valence-electron chi connectivity index (χ3n) is 1.88. The van der Waals surface area contributed by atoms with Gasteiger partial charge in [-0.05, 0) is 18.2 Å². The van der Waals surface area contributed by atoms with Crippen molar-refractivity contribution in [2.75, 3.05) is 20.3 Å². The predicted octanol–water partition coefficient (Wildman–Crippen LogP) is 1.66. The first-order valence-electron chi connectivity index (χ1n) is 4.97. The third-order valence-corrected chi connectivity index (χ3v) is 2.41. The molecule has 1 aromatic rings. The lowest BCUT2D eigenvalue weighted by atomic mass is 10.3. The Hall–Kier alpha value is -1.46. The van der Waals surface area contributed by atoms with E-state index in [1.165, 1.54) is 19.2 Å². The number of carbonyl (C=O) groups excluding carboxylic acids is 2. The van der Waals surface area contributed by atoms with Gasteiger partial charge in [-0.25, -0.2) is 4.79 Å². The second-order valence-electron chi connectivity index (χ2n) is 3.20. The summed E-state index contributed by atoms with van der Waals surface area (Å²) in [5, 5.41) is 3.08. The van der Waals surface area contributed by atoms with Gasteiger partial charge < -0.3 is 14.8 Å². The standard InChI is InChI=1S/C11H11Cl2NO4/c1-14-10(15)5-18-11(16)6-17-9-3-2-7(12)4-8(9)13/h2-4H,5-6H2,1H3,(H,14,15). The van der Waals surface area contributed by atoms with E-state index < -0.39 is 11.9 Å². The van der Waals surface area contributed by atoms with Crippen LogP contribution in [-0.2, 0) is 14.3 Å². The molecule has 0 saturated carbocycles. The van der Waals surface area contributed by atoms with Crippen molar-refractivity contribution in [2.24, 2.45) is 0 Å². The molecule has 1 aromatic carbocycles. The molecule has 0 bridgehead atoms. The van der Waals surface area contributed by atoms with Crippen molar-refractivity contribution < 1.29 is 19.1 Å². The van der Waals surface area contributed by atoms with E-state index in [9.17, 15) is 9.59 Å². The first-order valence-corrected chi connectivity index (χ1v) is 5.72. The van der Waals surface area contributed by atoms with Crippen LogP contribution in [0, 0.1) is 0 Å². The Balaban J connectivity index is 2.40. The van der Waals surface area contributed by atoms with E-state index in [0.29, 0.717) is 15.8 Å². The van der Waals surface area contributed by atoms with E-state index >= 15 is 0 Å². The Bertz CT molecular complexity index is 451. The van der Waals surface area contributed by atoms with Crippen LogP contribution in [0.1, 0.15) is 0 Å². The highest BCUT2D eigenvalue weighted by Crippen LogP contribution is 2.27. The van der Waals surface area contributed by atoms with Gasteiger partial charge in [-0.3, -0.25) is 4.79 Å². The minimum atomic E-state index is -0.662. The minimum Gasteiger partial charge on any atom is -0.480 e. The van der Waals surface area contributed by atoms with Crippen LogP contribution in [-0.4, -0.2) is 32.1 Å². The molecule has 0 aliphatic heterocycles. The van der Waals surface area contributed by atoms with Gasteiger partial charge in [0, 0.05) is 12.1 Å². The maximum Gasteiger partial charge on any atom is 0.344 e. The average Bonchev–Trinajstić information content (AvgIpc) is 2.34. The van der Waals surface area contributed by atoms with Crippen molar-refractivity contribution in [1.82, 2.24) is 5.32 Å². The van der Waals surface area contributed by atoms with Crippen molar-refractivity contribution in [3.63, 3.8) is 0 Å². The number of halogens is 2. The molecule has 0 unspecified atom stereocenters. The zero-order valence-corrected chi connectivity index (χ0v) is 11.0. The molecule has 7 heteroatoms. The second kappa shape index (κ2) is 7.08. The molecular weight excluding hydrogens is 281 g/mol. The molecule has 0 aliphatic carbocycles. The van der Waals surface area contributed by atoms with Crippen molar-refractivity contribution in [1.29, 1.82) is 0 Å². The van der Waals surface area contributed by atoms with Crippen molar-refractivity contribution in [3.8, 4) is 5.75 Å². The van der Waals surface area contributed by atoms with Crippen LogP contribution < -0.4 is 10.1 Å². The molecule has 5 nitrogen and oxygen atoms in total. The molecule has 98 valence electrons. The van der Waals surface area contributed by atoms with Crippen LogP contribution in [0.3, 0.4) is 0 Å². The van der Waals surface area contributed by atoms with Crippen LogP contribution in [0.25, 0.3) is 0 Å². The summed E-state index contributed by atoms with van der Waals surface area (Å²) in [7, 11) is 1.44. The average molecular weight is 292 g/mol. The normalized spacial score (nSPS) is 9.72. The van der Waals surface area contributed by atoms with E-state index in [1.54, 1.807) is 6.07 Å². The molecule has 0 atom stereocenters. The van der Waals surface area contributed by atoms with Crippen molar-refractivity contribution >= 4 is 35.1 Å². The Morgan fingerprint density at radius 1 is 1.28 bits per heavy atom. The summed E-state index contributed by atoms with van der Waals surface area (Å²) < 4.78 is 9.76. The fourth-order valence-corrected chi connectivity index (χ4v) is 1.45. The molecule has 0 aromatic heterocycles. The molecule has 1 amide bonds. The van der Waals surface area contributed by atoms with Gasteiger partial charge in [0.05, 0.1) is 5.02 Å². The van der Waals surface area contributed by atoms with Crippen molar-refractivity contribution in [2.45, 2.75) is 0 Å².